The van der Waals surface area contributed by atoms with E-state index in [2.05, 4.69) is 41.7 Å². The molecule has 3 rings (SSSR count). The number of benzene rings is 1. The Morgan fingerprint density at radius 1 is 1.26 bits per heavy atom. The zero-order chi connectivity index (χ0) is 13.1. The average molecular weight is 255 g/mol. The van der Waals surface area contributed by atoms with Crippen molar-refractivity contribution in [2.75, 3.05) is 0 Å². The highest BCUT2D eigenvalue weighted by Gasteiger charge is 2.22. The molecule has 0 heterocycles. The lowest BCUT2D eigenvalue weighted by atomic mass is 9.87. The third-order valence-corrected chi connectivity index (χ3v) is 4.26. The van der Waals surface area contributed by atoms with Crippen molar-refractivity contribution in [3.05, 3.63) is 47.5 Å². The van der Waals surface area contributed by atoms with Crippen molar-refractivity contribution in [1.29, 1.82) is 0 Å². The van der Waals surface area contributed by atoms with Gasteiger partial charge in [-0.05, 0) is 49.1 Å². The van der Waals surface area contributed by atoms with Gasteiger partial charge in [0.2, 0.25) is 5.91 Å². The highest BCUT2D eigenvalue weighted by molar-refractivity contribution is 5.77. The molecule has 0 bridgehead atoms. The average Bonchev–Trinajstić information content (AvgIpc) is 2.92. The summed E-state index contributed by atoms with van der Waals surface area (Å²) in [6.07, 6.45) is 10.7. The first kappa shape index (κ1) is 12.5. The van der Waals surface area contributed by atoms with Crippen LogP contribution in [0.1, 0.15) is 49.3 Å². The van der Waals surface area contributed by atoms with Crippen molar-refractivity contribution >= 4 is 5.91 Å². The quantitative estimate of drug-likeness (QED) is 0.822. The van der Waals surface area contributed by atoms with Gasteiger partial charge >= 0.3 is 0 Å². The van der Waals surface area contributed by atoms with E-state index in [1.807, 2.05) is 0 Å². The number of carbonyl (C=O) groups excluding carboxylic acids is 1. The molecule has 2 aliphatic rings. The topological polar surface area (TPSA) is 29.1 Å². The van der Waals surface area contributed by atoms with Crippen molar-refractivity contribution in [1.82, 2.24) is 5.32 Å². The molecule has 19 heavy (non-hydrogen) atoms. The normalized spacial score (nSPS) is 25.1. The summed E-state index contributed by atoms with van der Waals surface area (Å²) in [5.41, 5.74) is 2.73. The Morgan fingerprint density at radius 2 is 2.16 bits per heavy atom. The van der Waals surface area contributed by atoms with Crippen molar-refractivity contribution < 1.29 is 4.79 Å². The first-order valence-electron chi connectivity index (χ1n) is 7.37. The number of rotatable bonds is 3. The third kappa shape index (κ3) is 2.89. The van der Waals surface area contributed by atoms with Crippen LogP contribution in [-0.4, -0.2) is 5.91 Å². The van der Waals surface area contributed by atoms with Gasteiger partial charge in [-0.15, -0.1) is 0 Å². The molecule has 0 saturated heterocycles. The molecule has 0 spiro atoms. The minimum atomic E-state index is 0.207. The zero-order valence-corrected chi connectivity index (χ0v) is 11.3. The number of hydrogen-bond donors (Lipinski definition) is 1. The molecule has 100 valence electrons. The van der Waals surface area contributed by atoms with Crippen molar-refractivity contribution in [2.45, 2.75) is 44.6 Å². The van der Waals surface area contributed by atoms with Gasteiger partial charge in [0.05, 0.1) is 6.04 Å². The monoisotopic (exact) mass is 255 g/mol. The fourth-order valence-electron chi connectivity index (χ4n) is 3.26. The molecule has 0 radical (unpaired) electrons. The molecule has 2 nitrogen and oxygen atoms in total. The van der Waals surface area contributed by atoms with Crippen molar-refractivity contribution in [2.24, 2.45) is 5.92 Å². The lowest BCUT2D eigenvalue weighted by Gasteiger charge is -2.26. The summed E-state index contributed by atoms with van der Waals surface area (Å²) in [5, 5.41) is 3.23. The fourth-order valence-corrected chi connectivity index (χ4v) is 3.26. The van der Waals surface area contributed by atoms with Crippen LogP contribution < -0.4 is 5.32 Å². The molecule has 1 N–H and O–H groups in total. The van der Waals surface area contributed by atoms with Crippen LogP contribution in [0.15, 0.2) is 36.4 Å². The molecule has 1 aromatic rings. The summed E-state index contributed by atoms with van der Waals surface area (Å²) in [5.74, 6) is 0.664. The van der Waals surface area contributed by atoms with Crippen LogP contribution in [-0.2, 0) is 11.2 Å². The third-order valence-electron chi connectivity index (χ3n) is 4.26. The minimum Gasteiger partial charge on any atom is -0.349 e. The Hall–Kier alpha value is -1.57. The molecule has 2 atom stereocenters. The van der Waals surface area contributed by atoms with E-state index in [-0.39, 0.29) is 11.9 Å². The Labute approximate surface area is 114 Å². The number of allylic oxidation sites excluding steroid dienone is 2. The summed E-state index contributed by atoms with van der Waals surface area (Å²) in [6, 6.07) is 8.74. The van der Waals surface area contributed by atoms with Gasteiger partial charge in [0.15, 0.2) is 0 Å². The Kier molecular flexibility index (Phi) is 3.67. The molecule has 1 aromatic carbocycles. The van der Waals surface area contributed by atoms with Crippen LogP contribution in [0, 0.1) is 5.92 Å². The Morgan fingerprint density at radius 3 is 3.00 bits per heavy atom. The zero-order valence-electron chi connectivity index (χ0n) is 11.3. The number of carbonyl (C=O) groups is 1. The van der Waals surface area contributed by atoms with Crippen LogP contribution in [0.2, 0.25) is 0 Å². The standard InChI is InChI=1S/C17H21NO/c19-17(12-13-6-1-2-7-13)18-16-11-5-9-14-8-3-4-10-15(14)16/h1,3-4,6,8,10,13,16H,2,5,7,9,11-12H2,(H,18,19). The van der Waals surface area contributed by atoms with Gasteiger partial charge in [0.1, 0.15) is 0 Å². The summed E-state index contributed by atoms with van der Waals surface area (Å²) < 4.78 is 0. The Bertz CT molecular complexity index is 492. The number of aryl methyl sites for hydroxylation is 1. The number of amides is 1. The van der Waals surface area contributed by atoms with Gasteiger partial charge in [0, 0.05) is 6.42 Å². The maximum atomic E-state index is 12.1. The van der Waals surface area contributed by atoms with Gasteiger partial charge in [-0.1, -0.05) is 36.4 Å². The van der Waals surface area contributed by atoms with Crippen molar-refractivity contribution in [3.63, 3.8) is 0 Å². The fraction of sp³-hybridized carbons (Fsp3) is 0.471. The molecular formula is C17H21NO. The molecule has 0 saturated carbocycles. The van der Waals surface area contributed by atoms with Crippen LogP contribution >= 0.6 is 0 Å². The summed E-state index contributed by atoms with van der Waals surface area (Å²) >= 11 is 0. The van der Waals surface area contributed by atoms with E-state index in [0.29, 0.717) is 12.3 Å². The second kappa shape index (κ2) is 5.60. The van der Waals surface area contributed by atoms with E-state index in [9.17, 15) is 4.79 Å². The van der Waals surface area contributed by atoms with Crippen LogP contribution in [0.25, 0.3) is 0 Å². The van der Waals surface area contributed by atoms with E-state index in [4.69, 9.17) is 0 Å². The second-order valence-corrected chi connectivity index (χ2v) is 5.68. The SMILES string of the molecule is O=C(CC1C=CCC1)NC1CCCc2ccccc21. The van der Waals surface area contributed by atoms with Gasteiger partial charge in [-0.3, -0.25) is 4.79 Å². The van der Waals surface area contributed by atoms with E-state index in [0.717, 1.165) is 25.7 Å². The largest absolute Gasteiger partial charge is 0.349 e. The van der Waals surface area contributed by atoms with E-state index >= 15 is 0 Å². The first-order valence-corrected chi connectivity index (χ1v) is 7.37. The molecule has 0 aromatic heterocycles. The van der Waals surface area contributed by atoms with Gasteiger partial charge in [-0.25, -0.2) is 0 Å². The van der Waals surface area contributed by atoms with Crippen LogP contribution in [0.5, 0.6) is 0 Å². The lowest BCUT2D eigenvalue weighted by molar-refractivity contribution is -0.122. The number of fused-ring (bicyclic) bond motifs is 1. The summed E-state index contributed by atoms with van der Waals surface area (Å²) in [7, 11) is 0. The van der Waals surface area contributed by atoms with Crippen molar-refractivity contribution in [3.8, 4) is 0 Å². The van der Waals surface area contributed by atoms with Gasteiger partial charge in [0.25, 0.3) is 0 Å². The molecule has 0 aliphatic heterocycles. The first-order chi connectivity index (χ1) is 9.33. The maximum Gasteiger partial charge on any atom is 0.221 e. The van der Waals surface area contributed by atoms with Gasteiger partial charge < -0.3 is 5.32 Å². The highest BCUT2D eigenvalue weighted by Crippen LogP contribution is 2.30. The Balaban J connectivity index is 1.64. The predicted octanol–water partition coefficient (Wildman–Crippen LogP) is 3.54. The summed E-state index contributed by atoms with van der Waals surface area (Å²) in [6.45, 7) is 0. The molecule has 2 heteroatoms. The van der Waals surface area contributed by atoms with E-state index in [1.54, 1.807) is 0 Å². The minimum absolute atomic E-state index is 0.207. The smallest absolute Gasteiger partial charge is 0.221 e. The molecule has 1 amide bonds. The molecular weight excluding hydrogens is 234 g/mol. The van der Waals surface area contributed by atoms with E-state index < -0.39 is 0 Å². The predicted molar refractivity (Wildman–Crippen MR) is 76.7 cm³/mol. The maximum absolute atomic E-state index is 12.1. The second-order valence-electron chi connectivity index (χ2n) is 5.68. The highest BCUT2D eigenvalue weighted by atomic mass is 16.1. The van der Waals surface area contributed by atoms with Crippen LogP contribution in [0.3, 0.4) is 0 Å². The lowest BCUT2D eigenvalue weighted by Crippen LogP contribution is -2.31. The van der Waals surface area contributed by atoms with Gasteiger partial charge in [-0.2, -0.15) is 0 Å². The number of hydrogen-bond acceptors (Lipinski definition) is 1. The molecule has 0 fully saturated rings. The summed E-state index contributed by atoms with van der Waals surface area (Å²) in [4.78, 5) is 12.1. The number of nitrogens with one attached hydrogen (secondary N) is 1. The molecule has 2 unspecified atom stereocenters. The van der Waals surface area contributed by atoms with E-state index in [1.165, 1.54) is 17.5 Å². The van der Waals surface area contributed by atoms with Crippen LogP contribution in [0.4, 0.5) is 0 Å². The molecule has 2 aliphatic carbocycles.